The van der Waals surface area contributed by atoms with E-state index in [0.29, 0.717) is 28.6 Å². The van der Waals surface area contributed by atoms with Crippen LogP contribution in [-0.4, -0.2) is 28.4 Å². The Bertz CT molecular complexity index is 1150. The standard InChI is InChI=1S/C22H25N3O5S/c1-4-15-11-16(6-5-14(15)2)23-19-12-20(26)25(22(28)24-19)8-10-31-13-18-17(7-9-30-18)21(27)29-3/h5-7,9,11-12,23H,4,8,10,13H2,1-3H3,(H,24,28). The monoisotopic (exact) mass is 443 g/mol. The molecule has 1 aromatic carbocycles. The van der Waals surface area contributed by atoms with Crippen molar-refractivity contribution in [3.05, 3.63) is 79.9 Å². The quantitative estimate of drug-likeness (QED) is 0.385. The molecule has 9 heteroatoms. The summed E-state index contributed by atoms with van der Waals surface area (Å²) in [5.41, 5.74) is 2.72. The molecule has 3 aromatic rings. The van der Waals surface area contributed by atoms with Crippen LogP contribution in [0.15, 0.2) is 50.6 Å². The molecule has 3 rings (SSSR count). The molecule has 0 aliphatic carbocycles. The number of benzene rings is 1. The number of H-pyrrole nitrogens is 1. The zero-order valence-electron chi connectivity index (χ0n) is 17.7. The molecule has 0 saturated carbocycles. The number of thioether (sulfide) groups is 1. The van der Waals surface area contributed by atoms with Gasteiger partial charge in [0, 0.05) is 24.1 Å². The van der Waals surface area contributed by atoms with Crippen molar-refractivity contribution in [2.24, 2.45) is 0 Å². The van der Waals surface area contributed by atoms with Crippen LogP contribution in [0.1, 0.15) is 34.2 Å². The second-order valence-corrected chi connectivity index (χ2v) is 8.00. The number of nitrogens with one attached hydrogen (secondary N) is 2. The first-order valence-electron chi connectivity index (χ1n) is 9.86. The summed E-state index contributed by atoms with van der Waals surface area (Å²) in [7, 11) is 1.31. The third-order valence-corrected chi connectivity index (χ3v) is 5.81. The zero-order chi connectivity index (χ0) is 22.4. The van der Waals surface area contributed by atoms with Crippen LogP contribution >= 0.6 is 11.8 Å². The summed E-state index contributed by atoms with van der Waals surface area (Å²) in [6, 6.07) is 8.85. The Kier molecular flexibility index (Phi) is 7.41. The highest BCUT2D eigenvalue weighted by molar-refractivity contribution is 7.98. The van der Waals surface area contributed by atoms with Crippen LogP contribution in [0.2, 0.25) is 0 Å². The number of aromatic amines is 1. The summed E-state index contributed by atoms with van der Waals surface area (Å²) in [5.74, 6) is 1.32. The number of anilines is 2. The maximum absolute atomic E-state index is 12.4. The third-order valence-electron chi connectivity index (χ3n) is 4.87. The van der Waals surface area contributed by atoms with E-state index in [1.54, 1.807) is 6.07 Å². The van der Waals surface area contributed by atoms with Crippen LogP contribution < -0.4 is 16.6 Å². The van der Waals surface area contributed by atoms with Gasteiger partial charge in [-0.2, -0.15) is 11.8 Å². The van der Waals surface area contributed by atoms with E-state index in [4.69, 9.17) is 9.15 Å². The summed E-state index contributed by atoms with van der Waals surface area (Å²) in [6.45, 7) is 4.36. The Morgan fingerprint density at radius 2 is 2.06 bits per heavy atom. The van der Waals surface area contributed by atoms with Crippen molar-refractivity contribution in [3.63, 3.8) is 0 Å². The maximum Gasteiger partial charge on any atom is 0.341 e. The van der Waals surface area contributed by atoms with E-state index in [0.717, 1.165) is 16.7 Å². The lowest BCUT2D eigenvalue weighted by Crippen LogP contribution is -2.35. The number of methoxy groups -OCH3 is 1. The molecule has 2 N–H and O–H groups in total. The van der Waals surface area contributed by atoms with Gasteiger partial charge in [-0.05, 0) is 42.7 Å². The molecule has 0 aliphatic heterocycles. The van der Waals surface area contributed by atoms with Gasteiger partial charge in [0.25, 0.3) is 5.56 Å². The Labute approximate surface area is 183 Å². The van der Waals surface area contributed by atoms with Crippen molar-refractivity contribution in [2.45, 2.75) is 32.6 Å². The minimum atomic E-state index is -0.480. The van der Waals surface area contributed by atoms with E-state index < -0.39 is 11.7 Å². The molecule has 0 atom stereocenters. The largest absolute Gasteiger partial charge is 0.468 e. The first-order chi connectivity index (χ1) is 14.9. The average molecular weight is 444 g/mol. The van der Waals surface area contributed by atoms with Crippen LogP contribution in [0, 0.1) is 6.92 Å². The molecule has 2 heterocycles. The number of rotatable bonds is 9. The highest BCUT2D eigenvalue weighted by Crippen LogP contribution is 2.20. The summed E-state index contributed by atoms with van der Waals surface area (Å²) >= 11 is 1.45. The molecule has 0 aliphatic rings. The van der Waals surface area contributed by atoms with Crippen molar-refractivity contribution < 1.29 is 13.9 Å². The zero-order valence-corrected chi connectivity index (χ0v) is 18.5. The van der Waals surface area contributed by atoms with Gasteiger partial charge in [0.1, 0.15) is 17.1 Å². The molecule has 0 radical (unpaired) electrons. The minimum Gasteiger partial charge on any atom is -0.468 e. The second-order valence-electron chi connectivity index (χ2n) is 6.90. The SMILES string of the molecule is CCc1cc(Nc2cc(=O)n(CCSCc3occc3C(=O)OC)c(=O)[nH]2)ccc1C. The van der Waals surface area contributed by atoms with E-state index >= 15 is 0 Å². The Hall–Kier alpha value is -3.20. The molecule has 0 unspecified atom stereocenters. The van der Waals surface area contributed by atoms with E-state index in [-0.39, 0.29) is 12.1 Å². The van der Waals surface area contributed by atoms with Crippen molar-refractivity contribution in [1.82, 2.24) is 9.55 Å². The number of carbonyl (C=O) groups is 1. The number of furan rings is 1. The second kappa shape index (κ2) is 10.2. The highest BCUT2D eigenvalue weighted by Gasteiger charge is 2.15. The molecule has 31 heavy (non-hydrogen) atoms. The van der Waals surface area contributed by atoms with Gasteiger partial charge in [0.15, 0.2) is 0 Å². The molecular weight excluding hydrogens is 418 g/mol. The van der Waals surface area contributed by atoms with Gasteiger partial charge in [0.2, 0.25) is 0 Å². The number of aryl methyl sites for hydroxylation is 2. The smallest absolute Gasteiger partial charge is 0.341 e. The number of hydrogen-bond donors (Lipinski definition) is 2. The minimum absolute atomic E-state index is 0.234. The fourth-order valence-electron chi connectivity index (χ4n) is 3.15. The number of nitrogens with zero attached hydrogens (tertiary/aromatic N) is 1. The lowest BCUT2D eigenvalue weighted by molar-refractivity contribution is 0.0598. The van der Waals surface area contributed by atoms with Gasteiger partial charge in [-0.1, -0.05) is 13.0 Å². The fraction of sp³-hybridized carbons (Fsp3) is 0.318. The first-order valence-corrected chi connectivity index (χ1v) is 11.0. The highest BCUT2D eigenvalue weighted by atomic mass is 32.2. The van der Waals surface area contributed by atoms with Crippen LogP contribution in [0.3, 0.4) is 0 Å². The summed E-state index contributed by atoms with van der Waals surface area (Å²) in [4.78, 5) is 39.2. The number of carbonyl (C=O) groups excluding carboxylic acids is 1. The van der Waals surface area contributed by atoms with Crippen LogP contribution in [0.5, 0.6) is 0 Å². The first kappa shape index (κ1) is 22.5. The van der Waals surface area contributed by atoms with Gasteiger partial charge in [-0.25, -0.2) is 9.59 Å². The number of esters is 1. The number of hydrogen-bond acceptors (Lipinski definition) is 7. The molecule has 8 nitrogen and oxygen atoms in total. The molecule has 0 bridgehead atoms. The molecule has 0 spiro atoms. The summed E-state index contributed by atoms with van der Waals surface area (Å²) < 4.78 is 11.2. The van der Waals surface area contributed by atoms with Gasteiger partial charge in [0.05, 0.1) is 19.1 Å². The summed E-state index contributed by atoms with van der Waals surface area (Å²) in [5, 5.41) is 3.09. The topological polar surface area (TPSA) is 106 Å². The van der Waals surface area contributed by atoms with Crippen LogP contribution in [-0.2, 0) is 23.5 Å². The normalized spacial score (nSPS) is 10.8. The average Bonchev–Trinajstić information content (AvgIpc) is 3.22. The number of aromatic nitrogens is 2. The van der Waals surface area contributed by atoms with Crippen molar-refractivity contribution in [1.29, 1.82) is 0 Å². The molecule has 0 saturated heterocycles. The lowest BCUT2D eigenvalue weighted by Gasteiger charge is -2.11. The lowest BCUT2D eigenvalue weighted by atomic mass is 10.1. The van der Waals surface area contributed by atoms with E-state index in [1.165, 1.54) is 42.3 Å². The van der Waals surface area contributed by atoms with E-state index in [9.17, 15) is 14.4 Å². The predicted octanol–water partition coefficient (Wildman–Crippen LogP) is 3.46. The van der Waals surface area contributed by atoms with Gasteiger partial charge in [-0.3, -0.25) is 14.3 Å². The fourth-order valence-corrected chi connectivity index (χ4v) is 4.01. The Morgan fingerprint density at radius 1 is 1.26 bits per heavy atom. The van der Waals surface area contributed by atoms with Crippen molar-refractivity contribution in [3.8, 4) is 0 Å². The van der Waals surface area contributed by atoms with Crippen molar-refractivity contribution >= 4 is 29.2 Å². The van der Waals surface area contributed by atoms with Gasteiger partial charge in [-0.15, -0.1) is 0 Å². The number of ether oxygens (including phenoxy) is 1. The van der Waals surface area contributed by atoms with E-state index in [1.807, 2.05) is 25.1 Å². The Balaban J connectivity index is 1.62. The molecule has 0 fully saturated rings. The molecule has 164 valence electrons. The molecular formula is C22H25N3O5S. The molecule has 2 aromatic heterocycles. The maximum atomic E-state index is 12.4. The van der Waals surface area contributed by atoms with Crippen LogP contribution in [0.25, 0.3) is 0 Å². The van der Waals surface area contributed by atoms with Crippen LogP contribution in [0.4, 0.5) is 11.5 Å². The predicted molar refractivity (Wildman–Crippen MR) is 121 cm³/mol. The van der Waals surface area contributed by atoms with E-state index in [2.05, 4.69) is 17.2 Å². The third kappa shape index (κ3) is 5.49. The Morgan fingerprint density at radius 3 is 2.77 bits per heavy atom. The van der Waals surface area contributed by atoms with Gasteiger partial charge >= 0.3 is 11.7 Å². The van der Waals surface area contributed by atoms with Crippen molar-refractivity contribution in [2.75, 3.05) is 18.2 Å². The van der Waals surface area contributed by atoms with Gasteiger partial charge < -0.3 is 14.5 Å². The molecule has 0 amide bonds. The summed E-state index contributed by atoms with van der Waals surface area (Å²) in [6.07, 6.45) is 2.33.